The summed E-state index contributed by atoms with van der Waals surface area (Å²) in [6.45, 7) is 6.35. The van der Waals surface area contributed by atoms with Crippen LogP contribution in [0.15, 0.2) is 122 Å². The molecule has 1 atom stereocenters. The number of rotatable bonds is 54. The Balaban J connectivity index is 4.52. The summed E-state index contributed by atoms with van der Waals surface area (Å²) in [5, 5.41) is 0. The van der Waals surface area contributed by atoms with E-state index in [1.54, 1.807) is 0 Å². The molecule has 74 heavy (non-hydrogen) atoms. The van der Waals surface area contributed by atoms with Crippen LogP contribution in [-0.2, 0) is 28.6 Å². The lowest BCUT2D eigenvalue weighted by molar-refractivity contribution is -0.166. The molecule has 0 saturated carbocycles. The number of unbranched alkanes of at least 4 members (excludes halogenated alkanes) is 23. The Morgan fingerprint density at radius 3 is 0.919 bits per heavy atom. The fourth-order valence-electron chi connectivity index (χ4n) is 8.18. The van der Waals surface area contributed by atoms with E-state index in [0.717, 1.165) is 116 Å². The smallest absolute Gasteiger partial charge is 0.306 e. The van der Waals surface area contributed by atoms with E-state index in [0.29, 0.717) is 19.3 Å². The van der Waals surface area contributed by atoms with Gasteiger partial charge in [-0.1, -0.05) is 258 Å². The van der Waals surface area contributed by atoms with Crippen LogP contribution in [0.4, 0.5) is 0 Å². The molecule has 1 unspecified atom stereocenters. The van der Waals surface area contributed by atoms with E-state index in [2.05, 4.69) is 136 Å². The van der Waals surface area contributed by atoms with Gasteiger partial charge in [0.15, 0.2) is 6.10 Å². The van der Waals surface area contributed by atoms with E-state index in [-0.39, 0.29) is 37.5 Å². The van der Waals surface area contributed by atoms with E-state index >= 15 is 0 Å². The number of allylic oxidation sites excluding steroid dienone is 20. The van der Waals surface area contributed by atoms with Gasteiger partial charge in [0.1, 0.15) is 13.2 Å². The normalized spacial score (nSPS) is 13.0. The molecule has 0 aromatic carbocycles. The first-order chi connectivity index (χ1) is 36.5. The van der Waals surface area contributed by atoms with Gasteiger partial charge >= 0.3 is 17.9 Å². The van der Waals surface area contributed by atoms with Crippen molar-refractivity contribution in [2.75, 3.05) is 13.2 Å². The molecule has 0 rings (SSSR count). The second-order valence-corrected chi connectivity index (χ2v) is 19.8. The van der Waals surface area contributed by atoms with Crippen molar-refractivity contribution in [1.29, 1.82) is 0 Å². The zero-order valence-corrected chi connectivity index (χ0v) is 48.1. The molecule has 0 N–H and O–H groups in total. The fraction of sp³-hybridized carbons (Fsp3) is 0.662. The molecule has 6 nitrogen and oxygen atoms in total. The highest BCUT2D eigenvalue weighted by atomic mass is 16.6. The fourth-order valence-corrected chi connectivity index (χ4v) is 8.18. The summed E-state index contributed by atoms with van der Waals surface area (Å²) in [6, 6.07) is 0. The summed E-state index contributed by atoms with van der Waals surface area (Å²) in [7, 11) is 0. The molecular formula is C68H112O6. The van der Waals surface area contributed by atoms with Gasteiger partial charge in [-0.25, -0.2) is 0 Å². The maximum Gasteiger partial charge on any atom is 0.306 e. The van der Waals surface area contributed by atoms with Gasteiger partial charge < -0.3 is 14.2 Å². The first kappa shape index (κ1) is 69.8. The van der Waals surface area contributed by atoms with Gasteiger partial charge in [0.2, 0.25) is 0 Å². The van der Waals surface area contributed by atoms with Crippen molar-refractivity contribution in [3.8, 4) is 0 Å². The molecule has 0 bridgehead atoms. The number of esters is 3. The van der Waals surface area contributed by atoms with Crippen LogP contribution in [0, 0.1) is 0 Å². The lowest BCUT2D eigenvalue weighted by Gasteiger charge is -2.18. The zero-order chi connectivity index (χ0) is 53.6. The molecule has 0 spiro atoms. The molecule has 0 aliphatic rings. The van der Waals surface area contributed by atoms with Crippen molar-refractivity contribution in [2.45, 2.75) is 277 Å². The van der Waals surface area contributed by atoms with Crippen molar-refractivity contribution in [3.05, 3.63) is 122 Å². The Morgan fingerprint density at radius 2 is 0.554 bits per heavy atom. The minimum Gasteiger partial charge on any atom is -0.462 e. The number of carbonyl (C=O) groups excluding carboxylic acids is 3. The third-order valence-corrected chi connectivity index (χ3v) is 12.7. The van der Waals surface area contributed by atoms with Crippen LogP contribution in [0.3, 0.4) is 0 Å². The van der Waals surface area contributed by atoms with Crippen molar-refractivity contribution < 1.29 is 28.6 Å². The Bertz CT molecular complexity index is 1550. The molecule has 0 aromatic rings. The molecule has 6 heteroatoms. The number of carbonyl (C=O) groups is 3. The first-order valence-corrected chi connectivity index (χ1v) is 30.5. The SMILES string of the molecule is CC/C=C\C/C=C\C/C=C\C/C=C\C/C=C\C/C=C\CCC(=O)OCC(COC(=O)CCCCCCC/C=C\CCCCCCCCCCC)OC(=O)CCCCCCCCCCC/C=C\C/C=C\C/C=C\CC. The third-order valence-electron chi connectivity index (χ3n) is 12.7. The standard InChI is InChI=1S/C68H112O6/c1-4-7-10-13-16-19-22-25-28-31-34-37-40-43-46-49-52-55-58-61-67(70)73-64-65(63-72-66(69)60-57-54-51-48-45-42-39-36-33-30-27-24-21-18-15-12-9-6-3)74-68(71)62-59-56-53-50-47-44-41-38-35-32-29-26-23-20-17-14-11-8-5-2/h7-8,10-11,16-17,19-20,25-26,28-29,34,36-37,39,43,46,52,55,65H,4-6,9,12-15,18,21-24,27,30-33,35,38,40-42,44-45,47-51,53-54,56-64H2,1-3H3/b10-7-,11-8-,19-16-,20-17-,28-25-,29-26-,37-34-,39-36-,46-43-,55-52-. The number of ether oxygens (including phenoxy) is 3. The average Bonchev–Trinajstić information content (AvgIpc) is 3.40. The van der Waals surface area contributed by atoms with Crippen molar-refractivity contribution in [2.24, 2.45) is 0 Å². The van der Waals surface area contributed by atoms with Crippen molar-refractivity contribution in [3.63, 3.8) is 0 Å². The number of hydrogen-bond donors (Lipinski definition) is 0. The van der Waals surface area contributed by atoms with E-state index in [1.165, 1.54) is 109 Å². The molecule has 0 saturated heterocycles. The Labute approximate surface area is 456 Å². The van der Waals surface area contributed by atoms with Crippen LogP contribution < -0.4 is 0 Å². The Kier molecular flexibility index (Phi) is 57.9. The molecule has 0 aliphatic heterocycles. The minimum atomic E-state index is -0.819. The topological polar surface area (TPSA) is 78.9 Å². The summed E-state index contributed by atoms with van der Waals surface area (Å²) in [5.41, 5.74) is 0. The summed E-state index contributed by atoms with van der Waals surface area (Å²) < 4.78 is 16.8. The second kappa shape index (κ2) is 61.4. The van der Waals surface area contributed by atoms with Gasteiger partial charge in [-0.15, -0.1) is 0 Å². The predicted molar refractivity (Wildman–Crippen MR) is 320 cm³/mol. The van der Waals surface area contributed by atoms with E-state index < -0.39 is 6.10 Å². The largest absolute Gasteiger partial charge is 0.462 e. The number of hydrogen-bond acceptors (Lipinski definition) is 6. The van der Waals surface area contributed by atoms with E-state index in [4.69, 9.17) is 14.2 Å². The zero-order valence-electron chi connectivity index (χ0n) is 48.1. The van der Waals surface area contributed by atoms with Crippen LogP contribution >= 0.6 is 0 Å². The van der Waals surface area contributed by atoms with Crippen molar-refractivity contribution >= 4 is 17.9 Å². The molecule has 0 aliphatic carbocycles. The van der Waals surface area contributed by atoms with Crippen LogP contribution in [0.2, 0.25) is 0 Å². The van der Waals surface area contributed by atoms with Gasteiger partial charge in [0, 0.05) is 19.3 Å². The monoisotopic (exact) mass is 1020 g/mol. The van der Waals surface area contributed by atoms with Gasteiger partial charge in [0.05, 0.1) is 0 Å². The molecule has 420 valence electrons. The molecule has 0 aromatic heterocycles. The maximum atomic E-state index is 12.9. The predicted octanol–water partition coefficient (Wildman–Crippen LogP) is 20.8. The maximum absolute atomic E-state index is 12.9. The first-order valence-electron chi connectivity index (χ1n) is 30.5. The minimum absolute atomic E-state index is 0.110. The van der Waals surface area contributed by atoms with Gasteiger partial charge in [0.25, 0.3) is 0 Å². The van der Waals surface area contributed by atoms with E-state index in [9.17, 15) is 14.4 Å². The second-order valence-electron chi connectivity index (χ2n) is 19.8. The van der Waals surface area contributed by atoms with Gasteiger partial charge in [-0.2, -0.15) is 0 Å². The Hall–Kier alpha value is -4.19. The highest BCUT2D eigenvalue weighted by Crippen LogP contribution is 2.15. The highest BCUT2D eigenvalue weighted by molar-refractivity contribution is 5.71. The summed E-state index contributed by atoms with van der Waals surface area (Å²) in [5.74, 6) is -1.01. The lowest BCUT2D eigenvalue weighted by Crippen LogP contribution is -2.30. The molecule has 0 fully saturated rings. The highest BCUT2D eigenvalue weighted by Gasteiger charge is 2.19. The molecule has 0 heterocycles. The molecule has 0 amide bonds. The van der Waals surface area contributed by atoms with Crippen LogP contribution in [0.1, 0.15) is 271 Å². The van der Waals surface area contributed by atoms with Gasteiger partial charge in [-0.3, -0.25) is 14.4 Å². The quantitative estimate of drug-likeness (QED) is 0.0261. The van der Waals surface area contributed by atoms with Crippen LogP contribution in [0.5, 0.6) is 0 Å². The van der Waals surface area contributed by atoms with Crippen LogP contribution in [0.25, 0.3) is 0 Å². The molecule has 0 radical (unpaired) electrons. The summed E-state index contributed by atoms with van der Waals surface area (Å²) in [4.78, 5) is 38.3. The van der Waals surface area contributed by atoms with Crippen LogP contribution in [-0.4, -0.2) is 37.2 Å². The Morgan fingerprint density at radius 1 is 0.284 bits per heavy atom. The van der Waals surface area contributed by atoms with Gasteiger partial charge in [-0.05, 0) is 116 Å². The third kappa shape index (κ3) is 58.7. The molecular weight excluding hydrogens is 913 g/mol. The van der Waals surface area contributed by atoms with E-state index in [1.807, 2.05) is 6.08 Å². The summed E-state index contributed by atoms with van der Waals surface area (Å²) in [6.07, 6.45) is 84.9. The lowest BCUT2D eigenvalue weighted by atomic mass is 10.1. The average molecular weight is 1030 g/mol. The summed E-state index contributed by atoms with van der Waals surface area (Å²) >= 11 is 0. The van der Waals surface area contributed by atoms with Crippen molar-refractivity contribution in [1.82, 2.24) is 0 Å².